The first-order valence-corrected chi connectivity index (χ1v) is 3.94. The Kier molecular flexibility index (Phi) is 2.19. The summed E-state index contributed by atoms with van der Waals surface area (Å²) in [4.78, 5) is 20.7. The number of hydrogen-bond acceptors (Lipinski definition) is 3. The second-order valence-electron chi connectivity index (χ2n) is 2.02. The fourth-order valence-electron chi connectivity index (χ4n) is 0.851. The Balaban J connectivity index is 2.95. The van der Waals surface area contributed by atoms with Crippen LogP contribution in [0.25, 0.3) is 0 Å². The SMILES string of the molecule is O=C(O)C1=C(C(=O)O)SCC1. The van der Waals surface area contributed by atoms with Crippen molar-refractivity contribution in [3.63, 3.8) is 0 Å². The molecule has 0 radical (unpaired) electrons. The molecule has 1 aliphatic rings. The van der Waals surface area contributed by atoms with Gasteiger partial charge in [-0.3, -0.25) is 0 Å². The lowest BCUT2D eigenvalue weighted by molar-refractivity contribution is -0.135. The second-order valence-corrected chi connectivity index (χ2v) is 3.12. The van der Waals surface area contributed by atoms with E-state index in [1.807, 2.05) is 0 Å². The second kappa shape index (κ2) is 2.96. The molecule has 0 unspecified atom stereocenters. The molecule has 0 aromatic carbocycles. The van der Waals surface area contributed by atoms with Gasteiger partial charge in [0.2, 0.25) is 0 Å². The first kappa shape index (κ1) is 8.13. The van der Waals surface area contributed by atoms with Crippen LogP contribution in [0.4, 0.5) is 0 Å². The minimum Gasteiger partial charge on any atom is -0.478 e. The van der Waals surface area contributed by atoms with Gasteiger partial charge >= 0.3 is 11.9 Å². The van der Waals surface area contributed by atoms with Crippen molar-refractivity contribution in [3.05, 3.63) is 10.5 Å². The minimum absolute atomic E-state index is 0.0162. The summed E-state index contributed by atoms with van der Waals surface area (Å²) < 4.78 is 0. The predicted octanol–water partition coefficient (Wildman–Crippen LogP) is 0.547. The highest BCUT2D eigenvalue weighted by molar-refractivity contribution is 8.04. The van der Waals surface area contributed by atoms with Gasteiger partial charge in [0, 0.05) is 5.75 Å². The first-order chi connectivity index (χ1) is 5.13. The normalized spacial score (nSPS) is 17.1. The van der Waals surface area contributed by atoms with Gasteiger partial charge in [0.05, 0.1) is 5.57 Å². The third-order valence-corrected chi connectivity index (χ3v) is 2.44. The van der Waals surface area contributed by atoms with Crippen LogP contribution in [0.1, 0.15) is 6.42 Å². The maximum Gasteiger partial charge on any atom is 0.342 e. The van der Waals surface area contributed by atoms with Gasteiger partial charge in [0.1, 0.15) is 4.91 Å². The molecule has 4 nitrogen and oxygen atoms in total. The summed E-state index contributed by atoms with van der Waals surface area (Å²) in [5.74, 6) is -1.69. The summed E-state index contributed by atoms with van der Waals surface area (Å²) in [6.07, 6.45) is 0.349. The maximum absolute atomic E-state index is 10.4. The maximum atomic E-state index is 10.4. The quantitative estimate of drug-likeness (QED) is 0.639. The topological polar surface area (TPSA) is 74.6 Å². The summed E-state index contributed by atoms with van der Waals surface area (Å²) in [7, 11) is 0. The van der Waals surface area contributed by atoms with Crippen LogP contribution in [-0.2, 0) is 9.59 Å². The Labute approximate surface area is 66.9 Å². The first-order valence-electron chi connectivity index (χ1n) is 2.95. The molecule has 5 heteroatoms. The summed E-state index contributed by atoms with van der Waals surface area (Å²) in [5.41, 5.74) is 0.0301. The van der Waals surface area contributed by atoms with Crippen molar-refractivity contribution >= 4 is 23.7 Å². The summed E-state index contributed by atoms with van der Waals surface area (Å²) >= 11 is 1.09. The molecule has 0 bridgehead atoms. The fraction of sp³-hybridized carbons (Fsp3) is 0.333. The van der Waals surface area contributed by atoms with E-state index in [2.05, 4.69) is 0 Å². The lowest BCUT2D eigenvalue weighted by atomic mass is 10.2. The van der Waals surface area contributed by atoms with E-state index in [1.54, 1.807) is 0 Å². The fourth-order valence-corrected chi connectivity index (χ4v) is 1.85. The molecule has 1 aliphatic heterocycles. The highest BCUT2D eigenvalue weighted by Gasteiger charge is 2.25. The van der Waals surface area contributed by atoms with Gasteiger partial charge in [0.15, 0.2) is 0 Å². The summed E-state index contributed by atoms with van der Waals surface area (Å²) in [5, 5.41) is 17.0. The van der Waals surface area contributed by atoms with Gasteiger partial charge in [-0.05, 0) is 6.42 Å². The predicted molar refractivity (Wildman–Crippen MR) is 39.4 cm³/mol. The highest BCUT2D eigenvalue weighted by Crippen LogP contribution is 2.31. The Morgan fingerprint density at radius 3 is 2.27 bits per heavy atom. The van der Waals surface area contributed by atoms with Crippen molar-refractivity contribution in [2.45, 2.75) is 6.42 Å². The Hall–Kier alpha value is -0.970. The summed E-state index contributed by atoms with van der Waals surface area (Å²) in [6.45, 7) is 0. The van der Waals surface area contributed by atoms with E-state index in [-0.39, 0.29) is 10.5 Å². The van der Waals surface area contributed by atoms with Crippen LogP contribution in [0.15, 0.2) is 10.5 Å². The van der Waals surface area contributed by atoms with E-state index >= 15 is 0 Å². The Bertz CT molecular complexity index is 219. The number of aliphatic carboxylic acids is 2. The molecule has 0 aromatic rings. The summed E-state index contributed by atoms with van der Waals surface area (Å²) in [6, 6.07) is 0. The molecule has 0 saturated heterocycles. The lowest BCUT2D eigenvalue weighted by Crippen LogP contribution is -2.04. The van der Waals surface area contributed by atoms with Gasteiger partial charge in [-0.25, -0.2) is 9.59 Å². The molecular weight excluding hydrogens is 168 g/mol. The van der Waals surface area contributed by atoms with E-state index < -0.39 is 11.9 Å². The molecule has 1 heterocycles. The number of carboxylic acids is 2. The molecule has 0 amide bonds. The van der Waals surface area contributed by atoms with Gasteiger partial charge in [0.25, 0.3) is 0 Å². The standard InChI is InChI=1S/C6H6O4S/c7-5(8)3-1-2-11-4(3)6(9)10/h1-2H2,(H,7,8)(H,9,10). The van der Waals surface area contributed by atoms with Crippen molar-refractivity contribution in [2.75, 3.05) is 5.75 Å². The van der Waals surface area contributed by atoms with E-state index in [0.717, 1.165) is 11.8 Å². The molecule has 0 spiro atoms. The van der Waals surface area contributed by atoms with Crippen molar-refractivity contribution in [3.8, 4) is 0 Å². The van der Waals surface area contributed by atoms with Crippen LogP contribution in [0.3, 0.4) is 0 Å². The van der Waals surface area contributed by atoms with Gasteiger partial charge in [-0.15, -0.1) is 11.8 Å². The monoisotopic (exact) mass is 174 g/mol. The van der Waals surface area contributed by atoms with Crippen LogP contribution in [0.2, 0.25) is 0 Å². The van der Waals surface area contributed by atoms with E-state index in [4.69, 9.17) is 10.2 Å². The largest absolute Gasteiger partial charge is 0.478 e. The zero-order chi connectivity index (χ0) is 8.43. The molecule has 0 saturated carbocycles. The molecule has 11 heavy (non-hydrogen) atoms. The van der Waals surface area contributed by atoms with Gasteiger partial charge in [-0.2, -0.15) is 0 Å². The third-order valence-electron chi connectivity index (χ3n) is 1.32. The Morgan fingerprint density at radius 1 is 1.27 bits per heavy atom. The number of carbonyl (C=O) groups is 2. The average molecular weight is 174 g/mol. The highest BCUT2D eigenvalue weighted by atomic mass is 32.2. The smallest absolute Gasteiger partial charge is 0.342 e. The molecule has 0 atom stereocenters. The number of hydrogen-bond donors (Lipinski definition) is 2. The minimum atomic E-state index is -1.13. The van der Waals surface area contributed by atoms with Crippen LogP contribution in [0, 0.1) is 0 Å². The van der Waals surface area contributed by atoms with Crippen LogP contribution < -0.4 is 0 Å². The molecule has 1 rings (SSSR count). The molecule has 2 N–H and O–H groups in total. The van der Waals surface area contributed by atoms with Crippen molar-refractivity contribution in [2.24, 2.45) is 0 Å². The zero-order valence-corrected chi connectivity index (χ0v) is 6.35. The zero-order valence-electron chi connectivity index (χ0n) is 5.53. The third kappa shape index (κ3) is 1.54. The van der Waals surface area contributed by atoms with Crippen LogP contribution in [0.5, 0.6) is 0 Å². The van der Waals surface area contributed by atoms with E-state index in [0.29, 0.717) is 12.2 Å². The van der Waals surface area contributed by atoms with Gasteiger partial charge in [-0.1, -0.05) is 0 Å². The average Bonchev–Trinajstić information content (AvgIpc) is 2.32. The molecule has 60 valence electrons. The Morgan fingerprint density at radius 2 is 1.91 bits per heavy atom. The lowest BCUT2D eigenvalue weighted by Gasteiger charge is -1.93. The van der Waals surface area contributed by atoms with Crippen LogP contribution in [-0.4, -0.2) is 27.9 Å². The van der Waals surface area contributed by atoms with E-state index in [1.165, 1.54) is 0 Å². The van der Waals surface area contributed by atoms with Crippen molar-refractivity contribution in [1.82, 2.24) is 0 Å². The van der Waals surface area contributed by atoms with Crippen molar-refractivity contribution in [1.29, 1.82) is 0 Å². The van der Waals surface area contributed by atoms with E-state index in [9.17, 15) is 9.59 Å². The van der Waals surface area contributed by atoms with Crippen molar-refractivity contribution < 1.29 is 19.8 Å². The number of thioether (sulfide) groups is 1. The molecule has 0 fully saturated rings. The van der Waals surface area contributed by atoms with Crippen LogP contribution >= 0.6 is 11.8 Å². The molecular formula is C6H6O4S. The number of rotatable bonds is 2. The molecule has 0 aliphatic carbocycles. The van der Waals surface area contributed by atoms with Gasteiger partial charge < -0.3 is 10.2 Å². The molecule has 0 aromatic heterocycles. The number of carboxylic acid groups (broad SMARTS) is 2.